The second-order valence-corrected chi connectivity index (χ2v) is 6.33. The molecule has 0 aliphatic heterocycles. The Kier molecular flexibility index (Phi) is 6.23. The number of rotatable bonds is 5. The van der Waals surface area contributed by atoms with Crippen molar-refractivity contribution in [3.8, 4) is 16.9 Å². The maximum absolute atomic E-state index is 13.3. The summed E-state index contributed by atoms with van der Waals surface area (Å²) in [7, 11) is 1.59. The van der Waals surface area contributed by atoms with E-state index in [1.165, 1.54) is 12.1 Å². The second kappa shape index (κ2) is 8.66. The Hall–Kier alpha value is -2.86. The first kappa shape index (κ1) is 20.9. The number of pyridine rings is 1. The molecule has 6 heteroatoms. The van der Waals surface area contributed by atoms with Gasteiger partial charge in [0.15, 0.2) is 0 Å². The molecule has 2 heterocycles. The van der Waals surface area contributed by atoms with Crippen LogP contribution in [-0.4, -0.2) is 23.3 Å². The molecule has 0 aliphatic rings. The summed E-state index contributed by atoms with van der Waals surface area (Å²) in [5.74, 6) is -0.694. The predicted molar refractivity (Wildman–Crippen MR) is 104 cm³/mol. The molecule has 138 valence electrons. The summed E-state index contributed by atoms with van der Waals surface area (Å²) in [5.41, 5.74) is 3.24. The SMILES string of the molecule is COc1ccc(-c2cc3cc(C(=O)[O-])ccn3c2C(=O)c2ccccc2)cc1.[Na+]. The molecule has 0 unspecified atom stereocenters. The molecule has 0 bridgehead atoms. The van der Waals surface area contributed by atoms with Crippen molar-refractivity contribution in [1.82, 2.24) is 4.40 Å². The molecule has 29 heavy (non-hydrogen) atoms. The molecule has 0 saturated carbocycles. The summed E-state index contributed by atoms with van der Waals surface area (Å²) in [6, 6.07) is 21.1. The van der Waals surface area contributed by atoms with Gasteiger partial charge in [0.2, 0.25) is 5.78 Å². The van der Waals surface area contributed by atoms with E-state index < -0.39 is 5.97 Å². The van der Waals surface area contributed by atoms with Gasteiger partial charge in [-0.3, -0.25) is 4.79 Å². The summed E-state index contributed by atoms with van der Waals surface area (Å²) in [6.45, 7) is 0. The Morgan fingerprint density at radius 2 is 1.59 bits per heavy atom. The minimum Gasteiger partial charge on any atom is -0.545 e. The first-order chi connectivity index (χ1) is 13.6. The van der Waals surface area contributed by atoms with Crippen LogP contribution in [0.2, 0.25) is 0 Å². The maximum atomic E-state index is 13.3. The molecule has 0 spiro atoms. The molecule has 4 rings (SSSR count). The minimum atomic E-state index is -1.26. The van der Waals surface area contributed by atoms with E-state index in [-0.39, 0.29) is 40.9 Å². The molecule has 0 atom stereocenters. The third kappa shape index (κ3) is 3.98. The summed E-state index contributed by atoms with van der Waals surface area (Å²) >= 11 is 0. The molecular formula is C23H16NNaO4. The largest absolute Gasteiger partial charge is 1.00 e. The number of carboxylic acid groups (broad SMARTS) is 1. The molecule has 0 aliphatic carbocycles. The minimum absolute atomic E-state index is 0. The Morgan fingerprint density at radius 3 is 2.21 bits per heavy atom. The molecular weight excluding hydrogens is 377 g/mol. The van der Waals surface area contributed by atoms with Crippen LogP contribution in [0, 0.1) is 0 Å². The van der Waals surface area contributed by atoms with Gasteiger partial charge in [-0.15, -0.1) is 0 Å². The third-order valence-corrected chi connectivity index (χ3v) is 4.66. The Morgan fingerprint density at radius 1 is 0.897 bits per heavy atom. The van der Waals surface area contributed by atoms with Gasteiger partial charge in [0.05, 0.1) is 13.1 Å². The molecule has 0 radical (unpaired) electrons. The Bertz CT molecular complexity index is 1180. The van der Waals surface area contributed by atoms with Crippen molar-refractivity contribution in [1.29, 1.82) is 0 Å². The van der Waals surface area contributed by atoms with E-state index in [0.717, 1.165) is 5.56 Å². The standard InChI is InChI=1S/C23H17NO4.Na/c1-28-19-9-7-15(8-10-19)20-14-18-13-17(23(26)27)11-12-24(18)21(20)22(25)16-5-3-2-4-6-16;/h2-14H,1H3,(H,26,27);/q;+1/p-1. The number of aromatic carboxylic acids is 1. The monoisotopic (exact) mass is 393 g/mol. The number of hydrogen-bond donors (Lipinski definition) is 0. The van der Waals surface area contributed by atoms with Crippen molar-refractivity contribution in [3.05, 3.63) is 95.8 Å². The molecule has 0 fully saturated rings. The number of hydrogen-bond acceptors (Lipinski definition) is 4. The summed E-state index contributed by atoms with van der Waals surface area (Å²) in [6.07, 6.45) is 1.59. The number of aromatic nitrogens is 1. The number of carbonyl (C=O) groups excluding carboxylic acids is 2. The first-order valence-corrected chi connectivity index (χ1v) is 8.69. The fourth-order valence-corrected chi connectivity index (χ4v) is 3.25. The van der Waals surface area contributed by atoms with Crippen LogP contribution in [0.3, 0.4) is 0 Å². The summed E-state index contributed by atoms with van der Waals surface area (Å²) < 4.78 is 6.92. The van der Waals surface area contributed by atoms with E-state index in [0.29, 0.717) is 28.1 Å². The fraction of sp³-hybridized carbons (Fsp3) is 0.0435. The van der Waals surface area contributed by atoms with Gasteiger partial charge in [0.1, 0.15) is 11.4 Å². The number of carboxylic acids is 1. The summed E-state index contributed by atoms with van der Waals surface area (Å²) in [5, 5.41) is 11.2. The van der Waals surface area contributed by atoms with E-state index in [9.17, 15) is 14.7 Å². The second-order valence-electron chi connectivity index (χ2n) is 6.33. The van der Waals surface area contributed by atoms with Crippen molar-refractivity contribution in [3.63, 3.8) is 0 Å². The van der Waals surface area contributed by atoms with Gasteiger partial charge in [-0.05, 0) is 35.9 Å². The first-order valence-electron chi connectivity index (χ1n) is 8.69. The van der Waals surface area contributed by atoms with Crippen LogP contribution in [0.4, 0.5) is 0 Å². The molecule has 2 aromatic heterocycles. The van der Waals surface area contributed by atoms with E-state index >= 15 is 0 Å². The Labute approximate surface area is 189 Å². The zero-order valence-corrected chi connectivity index (χ0v) is 18.1. The van der Waals surface area contributed by atoms with Gasteiger partial charge in [-0.2, -0.15) is 0 Å². The average Bonchev–Trinajstić information content (AvgIpc) is 3.12. The van der Waals surface area contributed by atoms with Crippen LogP contribution in [0.1, 0.15) is 26.4 Å². The van der Waals surface area contributed by atoms with Crippen LogP contribution in [0.15, 0.2) is 79.0 Å². The van der Waals surface area contributed by atoms with E-state index in [1.807, 2.05) is 48.5 Å². The van der Waals surface area contributed by atoms with Crippen molar-refractivity contribution < 1.29 is 49.0 Å². The van der Waals surface area contributed by atoms with Crippen molar-refractivity contribution in [2.45, 2.75) is 0 Å². The quantitative estimate of drug-likeness (QED) is 0.359. The van der Waals surface area contributed by atoms with Gasteiger partial charge in [0, 0.05) is 28.4 Å². The van der Waals surface area contributed by atoms with Crippen LogP contribution in [0.5, 0.6) is 5.75 Å². The number of ether oxygens (including phenoxy) is 1. The van der Waals surface area contributed by atoms with Crippen LogP contribution in [-0.2, 0) is 0 Å². The number of fused-ring (bicyclic) bond motifs is 1. The van der Waals surface area contributed by atoms with E-state index in [4.69, 9.17) is 4.74 Å². The number of benzene rings is 2. The van der Waals surface area contributed by atoms with Gasteiger partial charge in [-0.25, -0.2) is 0 Å². The van der Waals surface area contributed by atoms with Crippen molar-refractivity contribution >= 4 is 17.3 Å². The van der Waals surface area contributed by atoms with Gasteiger partial charge < -0.3 is 19.0 Å². The van der Waals surface area contributed by atoms with Crippen molar-refractivity contribution in [2.24, 2.45) is 0 Å². The van der Waals surface area contributed by atoms with Gasteiger partial charge in [-0.1, -0.05) is 42.5 Å². The molecule has 0 N–H and O–H groups in total. The molecule has 0 amide bonds. The number of carbonyl (C=O) groups is 2. The van der Waals surface area contributed by atoms with Crippen LogP contribution < -0.4 is 39.4 Å². The number of nitrogens with zero attached hydrogens (tertiary/aromatic N) is 1. The average molecular weight is 393 g/mol. The van der Waals surface area contributed by atoms with Gasteiger partial charge in [0.25, 0.3) is 0 Å². The molecule has 2 aromatic carbocycles. The van der Waals surface area contributed by atoms with Crippen LogP contribution >= 0.6 is 0 Å². The zero-order valence-electron chi connectivity index (χ0n) is 16.1. The van der Waals surface area contributed by atoms with E-state index in [1.54, 1.807) is 29.8 Å². The summed E-state index contributed by atoms with van der Waals surface area (Å²) in [4.78, 5) is 24.5. The van der Waals surface area contributed by atoms with Crippen molar-refractivity contribution in [2.75, 3.05) is 7.11 Å². The number of ketones is 1. The topological polar surface area (TPSA) is 70.8 Å². The smallest absolute Gasteiger partial charge is 0.545 e. The van der Waals surface area contributed by atoms with E-state index in [2.05, 4.69) is 0 Å². The zero-order chi connectivity index (χ0) is 19.7. The van der Waals surface area contributed by atoms with Gasteiger partial charge >= 0.3 is 29.6 Å². The molecule has 0 saturated heterocycles. The maximum Gasteiger partial charge on any atom is 1.00 e. The molecule has 4 aromatic rings. The Balaban J connectivity index is 0.00000240. The third-order valence-electron chi connectivity index (χ3n) is 4.66. The van der Waals surface area contributed by atoms with Crippen LogP contribution in [0.25, 0.3) is 16.6 Å². The normalized spacial score (nSPS) is 10.4. The fourth-order valence-electron chi connectivity index (χ4n) is 3.25. The predicted octanol–water partition coefficient (Wildman–Crippen LogP) is 0.213. The molecule has 5 nitrogen and oxygen atoms in total. The number of methoxy groups -OCH3 is 1.